The summed E-state index contributed by atoms with van der Waals surface area (Å²) in [7, 11) is 1.59. The van der Waals surface area contributed by atoms with Gasteiger partial charge in [-0.25, -0.2) is 0 Å². The number of carbonyl (C=O) groups is 2. The van der Waals surface area contributed by atoms with Crippen LogP contribution in [0.2, 0.25) is 0 Å². The number of piperidine rings is 1. The van der Waals surface area contributed by atoms with Crippen LogP contribution in [0.4, 0.5) is 0 Å². The molecule has 1 heterocycles. The standard InChI is InChI=1S/C15H29N3O3/c1-15(2,12-5-4-7-16-11-12)14(20)18-8-6-13(19)17-9-10-21-3/h12,16H,4-11H2,1-3H3,(H,17,19)(H,18,20). The maximum Gasteiger partial charge on any atom is 0.225 e. The van der Waals surface area contributed by atoms with Crippen LogP contribution in [0.5, 0.6) is 0 Å². The van der Waals surface area contributed by atoms with Gasteiger partial charge in [0.05, 0.1) is 6.61 Å². The van der Waals surface area contributed by atoms with Crippen molar-refractivity contribution in [1.29, 1.82) is 0 Å². The summed E-state index contributed by atoms with van der Waals surface area (Å²) in [6.45, 7) is 7.27. The minimum Gasteiger partial charge on any atom is -0.383 e. The maximum atomic E-state index is 12.3. The molecule has 0 spiro atoms. The highest BCUT2D eigenvalue weighted by molar-refractivity contribution is 5.83. The van der Waals surface area contributed by atoms with E-state index in [4.69, 9.17) is 4.74 Å². The second kappa shape index (κ2) is 9.00. The molecule has 2 amide bonds. The molecule has 1 fully saturated rings. The van der Waals surface area contributed by atoms with Crippen molar-refractivity contribution in [2.75, 3.05) is 39.9 Å². The first kappa shape index (κ1) is 17.9. The van der Waals surface area contributed by atoms with Gasteiger partial charge in [-0.15, -0.1) is 0 Å². The molecule has 0 radical (unpaired) electrons. The summed E-state index contributed by atoms with van der Waals surface area (Å²) >= 11 is 0. The molecule has 6 heteroatoms. The molecule has 0 aromatic carbocycles. The maximum absolute atomic E-state index is 12.3. The summed E-state index contributed by atoms with van der Waals surface area (Å²) in [5, 5.41) is 8.96. The van der Waals surface area contributed by atoms with E-state index in [0.717, 1.165) is 25.9 Å². The van der Waals surface area contributed by atoms with Crippen LogP contribution in [0.3, 0.4) is 0 Å². The van der Waals surface area contributed by atoms with E-state index < -0.39 is 5.41 Å². The van der Waals surface area contributed by atoms with E-state index in [1.54, 1.807) is 7.11 Å². The molecule has 1 rings (SSSR count). The second-order valence-electron chi connectivity index (χ2n) is 6.11. The minimum atomic E-state index is -0.403. The molecule has 1 saturated heterocycles. The molecule has 1 unspecified atom stereocenters. The van der Waals surface area contributed by atoms with Crippen molar-refractivity contribution in [2.24, 2.45) is 11.3 Å². The molecule has 122 valence electrons. The van der Waals surface area contributed by atoms with Gasteiger partial charge in [0, 0.05) is 32.0 Å². The molecule has 0 aliphatic carbocycles. The number of ether oxygens (including phenoxy) is 1. The zero-order valence-corrected chi connectivity index (χ0v) is 13.5. The fourth-order valence-corrected chi connectivity index (χ4v) is 2.55. The van der Waals surface area contributed by atoms with Crippen LogP contribution in [0.15, 0.2) is 0 Å². The van der Waals surface area contributed by atoms with Gasteiger partial charge in [0.2, 0.25) is 11.8 Å². The van der Waals surface area contributed by atoms with Gasteiger partial charge in [-0.1, -0.05) is 13.8 Å². The third-order valence-electron chi connectivity index (χ3n) is 4.17. The van der Waals surface area contributed by atoms with E-state index in [1.165, 1.54) is 0 Å². The first-order valence-electron chi connectivity index (χ1n) is 7.73. The highest BCUT2D eigenvalue weighted by atomic mass is 16.5. The highest BCUT2D eigenvalue weighted by Gasteiger charge is 2.36. The van der Waals surface area contributed by atoms with Crippen molar-refractivity contribution >= 4 is 11.8 Å². The fraction of sp³-hybridized carbons (Fsp3) is 0.867. The Kier molecular flexibility index (Phi) is 7.67. The van der Waals surface area contributed by atoms with Crippen LogP contribution in [-0.2, 0) is 14.3 Å². The van der Waals surface area contributed by atoms with Crippen LogP contribution in [0.1, 0.15) is 33.1 Å². The van der Waals surface area contributed by atoms with Gasteiger partial charge in [0.25, 0.3) is 0 Å². The number of hydrogen-bond acceptors (Lipinski definition) is 4. The summed E-state index contributed by atoms with van der Waals surface area (Å²) in [6.07, 6.45) is 2.49. The average Bonchev–Trinajstić information content (AvgIpc) is 2.48. The van der Waals surface area contributed by atoms with Crippen molar-refractivity contribution in [3.8, 4) is 0 Å². The van der Waals surface area contributed by atoms with E-state index in [9.17, 15) is 9.59 Å². The Hall–Kier alpha value is -1.14. The largest absolute Gasteiger partial charge is 0.383 e. The van der Waals surface area contributed by atoms with Crippen LogP contribution >= 0.6 is 0 Å². The molecule has 1 aliphatic rings. The van der Waals surface area contributed by atoms with E-state index in [2.05, 4.69) is 16.0 Å². The number of amides is 2. The van der Waals surface area contributed by atoms with Gasteiger partial charge in [-0.3, -0.25) is 9.59 Å². The first-order chi connectivity index (χ1) is 9.98. The molecule has 1 atom stereocenters. The minimum absolute atomic E-state index is 0.0286. The van der Waals surface area contributed by atoms with Crippen molar-refractivity contribution in [1.82, 2.24) is 16.0 Å². The third kappa shape index (κ3) is 6.01. The SMILES string of the molecule is COCCNC(=O)CCNC(=O)C(C)(C)C1CCCNC1. The number of carbonyl (C=O) groups excluding carboxylic acids is 2. The van der Waals surface area contributed by atoms with E-state index in [1.807, 2.05) is 13.8 Å². The van der Waals surface area contributed by atoms with E-state index in [-0.39, 0.29) is 11.8 Å². The Labute approximate surface area is 127 Å². The fourth-order valence-electron chi connectivity index (χ4n) is 2.55. The molecule has 0 bridgehead atoms. The first-order valence-corrected chi connectivity index (χ1v) is 7.73. The monoisotopic (exact) mass is 299 g/mol. The highest BCUT2D eigenvalue weighted by Crippen LogP contribution is 2.31. The van der Waals surface area contributed by atoms with Crippen LogP contribution in [-0.4, -0.2) is 51.7 Å². The predicted molar refractivity (Wildman–Crippen MR) is 81.9 cm³/mol. The third-order valence-corrected chi connectivity index (χ3v) is 4.17. The average molecular weight is 299 g/mol. The second-order valence-corrected chi connectivity index (χ2v) is 6.11. The Morgan fingerprint density at radius 1 is 1.29 bits per heavy atom. The number of nitrogens with one attached hydrogen (secondary N) is 3. The molecular weight excluding hydrogens is 270 g/mol. The Balaban J connectivity index is 2.27. The molecule has 0 aromatic rings. The lowest BCUT2D eigenvalue weighted by Crippen LogP contribution is -2.47. The van der Waals surface area contributed by atoms with Crippen LogP contribution in [0.25, 0.3) is 0 Å². The number of rotatable bonds is 8. The van der Waals surface area contributed by atoms with Gasteiger partial charge < -0.3 is 20.7 Å². The number of methoxy groups -OCH3 is 1. The zero-order valence-electron chi connectivity index (χ0n) is 13.5. The van der Waals surface area contributed by atoms with Crippen molar-refractivity contribution in [3.05, 3.63) is 0 Å². The normalized spacial score (nSPS) is 19.1. The predicted octanol–water partition coefficient (Wildman–Crippen LogP) is 0.281. The Bertz CT molecular complexity index is 339. The lowest BCUT2D eigenvalue weighted by atomic mass is 9.74. The Morgan fingerprint density at radius 3 is 2.67 bits per heavy atom. The molecule has 0 aromatic heterocycles. The van der Waals surface area contributed by atoms with Gasteiger partial charge in [0.1, 0.15) is 0 Å². The van der Waals surface area contributed by atoms with Crippen molar-refractivity contribution in [3.63, 3.8) is 0 Å². The Morgan fingerprint density at radius 2 is 2.05 bits per heavy atom. The summed E-state index contributed by atoms with van der Waals surface area (Å²) in [4.78, 5) is 23.8. The van der Waals surface area contributed by atoms with Gasteiger partial charge in [0.15, 0.2) is 0 Å². The summed E-state index contributed by atoms with van der Waals surface area (Å²) in [5.41, 5.74) is -0.403. The van der Waals surface area contributed by atoms with Crippen LogP contribution < -0.4 is 16.0 Å². The summed E-state index contributed by atoms with van der Waals surface area (Å²) in [6, 6.07) is 0. The molecule has 21 heavy (non-hydrogen) atoms. The van der Waals surface area contributed by atoms with Gasteiger partial charge in [-0.05, 0) is 31.8 Å². The lowest BCUT2D eigenvalue weighted by molar-refractivity contribution is -0.132. The summed E-state index contributed by atoms with van der Waals surface area (Å²) in [5.74, 6) is 0.312. The quantitative estimate of drug-likeness (QED) is 0.563. The molecular formula is C15H29N3O3. The van der Waals surface area contributed by atoms with Gasteiger partial charge in [-0.2, -0.15) is 0 Å². The lowest BCUT2D eigenvalue weighted by Gasteiger charge is -2.36. The summed E-state index contributed by atoms with van der Waals surface area (Å²) < 4.78 is 4.86. The van der Waals surface area contributed by atoms with Crippen molar-refractivity contribution < 1.29 is 14.3 Å². The smallest absolute Gasteiger partial charge is 0.225 e. The van der Waals surface area contributed by atoms with E-state index >= 15 is 0 Å². The topological polar surface area (TPSA) is 79.5 Å². The van der Waals surface area contributed by atoms with Crippen LogP contribution in [0, 0.1) is 11.3 Å². The van der Waals surface area contributed by atoms with E-state index in [0.29, 0.717) is 32.0 Å². The zero-order chi connectivity index (χ0) is 15.7. The molecule has 3 N–H and O–H groups in total. The van der Waals surface area contributed by atoms with Crippen molar-refractivity contribution in [2.45, 2.75) is 33.1 Å². The molecule has 1 aliphatic heterocycles. The molecule has 0 saturated carbocycles. The number of hydrogen-bond donors (Lipinski definition) is 3. The van der Waals surface area contributed by atoms with Gasteiger partial charge >= 0.3 is 0 Å². The molecule has 6 nitrogen and oxygen atoms in total.